The van der Waals surface area contributed by atoms with E-state index in [1.165, 1.54) is 11.1 Å². The van der Waals surface area contributed by atoms with Gasteiger partial charge in [-0.3, -0.25) is 4.79 Å². The number of nitrogens with zero attached hydrogens (tertiary/aromatic N) is 1. The summed E-state index contributed by atoms with van der Waals surface area (Å²) in [6, 6.07) is 8.61. The van der Waals surface area contributed by atoms with Crippen molar-refractivity contribution in [3.05, 3.63) is 35.4 Å². The molecule has 4 rings (SSSR count). The fraction of sp³-hybridized carbons (Fsp3) is 0.636. The predicted octanol–water partition coefficient (Wildman–Crippen LogP) is 3.93. The van der Waals surface area contributed by atoms with Gasteiger partial charge in [-0.05, 0) is 64.0 Å². The van der Waals surface area contributed by atoms with Crippen LogP contribution < -0.4 is 5.32 Å². The van der Waals surface area contributed by atoms with Crippen molar-refractivity contribution < 1.29 is 14.3 Å². The molecule has 0 unspecified atom stereocenters. The van der Waals surface area contributed by atoms with Crippen LogP contribution in [0.5, 0.6) is 0 Å². The lowest BCUT2D eigenvalue weighted by atomic mass is 9.73. The largest absolute Gasteiger partial charge is 0.444 e. The summed E-state index contributed by atoms with van der Waals surface area (Å²) in [6.45, 7) is 7.10. The number of carbonyl (C=O) groups excluding carboxylic acids is 2. The van der Waals surface area contributed by atoms with Crippen molar-refractivity contribution in [2.24, 2.45) is 5.92 Å². The summed E-state index contributed by atoms with van der Waals surface area (Å²) in [7, 11) is 0. The van der Waals surface area contributed by atoms with E-state index >= 15 is 0 Å². The number of fused-ring (bicyclic) bond motifs is 2. The van der Waals surface area contributed by atoms with Crippen LogP contribution in [0.15, 0.2) is 24.3 Å². The summed E-state index contributed by atoms with van der Waals surface area (Å²) in [6.07, 6.45) is 4.60. The molecule has 146 valence electrons. The highest BCUT2D eigenvalue weighted by Gasteiger charge is 2.47. The molecule has 0 radical (unpaired) electrons. The Morgan fingerprint density at radius 3 is 2.44 bits per heavy atom. The van der Waals surface area contributed by atoms with Crippen LogP contribution in [0, 0.1) is 5.92 Å². The summed E-state index contributed by atoms with van der Waals surface area (Å²) in [5, 5.41) is 3.29. The number of hydrogen-bond donors (Lipinski definition) is 1. The molecule has 0 bridgehead atoms. The molecule has 1 saturated heterocycles. The van der Waals surface area contributed by atoms with Gasteiger partial charge in [0.15, 0.2) is 0 Å². The van der Waals surface area contributed by atoms with E-state index in [0.29, 0.717) is 13.1 Å². The lowest BCUT2D eigenvalue weighted by Gasteiger charge is -2.40. The number of ether oxygens (including phenoxy) is 1. The van der Waals surface area contributed by atoms with Gasteiger partial charge in [-0.1, -0.05) is 24.3 Å². The molecule has 1 atom stereocenters. The predicted molar refractivity (Wildman–Crippen MR) is 103 cm³/mol. The van der Waals surface area contributed by atoms with Gasteiger partial charge in [0, 0.05) is 24.4 Å². The van der Waals surface area contributed by atoms with Gasteiger partial charge in [0.1, 0.15) is 5.60 Å². The van der Waals surface area contributed by atoms with Gasteiger partial charge >= 0.3 is 6.09 Å². The molecule has 1 saturated carbocycles. The van der Waals surface area contributed by atoms with Crippen LogP contribution in [0.2, 0.25) is 0 Å². The zero-order valence-electron chi connectivity index (χ0n) is 16.6. The molecule has 5 nitrogen and oxygen atoms in total. The Bertz CT molecular complexity index is 740. The fourth-order valence-electron chi connectivity index (χ4n) is 4.58. The van der Waals surface area contributed by atoms with Crippen molar-refractivity contribution in [3.8, 4) is 0 Å². The summed E-state index contributed by atoms with van der Waals surface area (Å²) in [5.74, 6) is 0.431. The second kappa shape index (κ2) is 6.54. The first kappa shape index (κ1) is 18.3. The van der Waals surface area contributed by atoms with Crippen molar-refractivity contribution >= 4 is 12.0 Å². The van der Waals surface area contributed by atoms with E-state index in [1.54, 1.807) is 0 Å². The second-order valence-corrected chi connectivity index (χ2v) is 9.37. The van der Waals surface area contributed by atoms with Gasteiger partial charge in [-0.2, -0.15) is 0 Å². The Kier molecular flexibility index (Phi) is 4.44. The second-order valence-electron chi connectivity index (χ2n) is 9.37. The van der Waals surface area contributed by atoms with E-state index in [4.69, 9.17) is 4.74 Å². The maximum Gasteiger partial charge on any atom is 0.410 e. The molecule has 1 heterocycles. The number of likely N-dealkylation sites (tertiary alicyclic amines) is 1. The van der Waals surface area contributed by atoms with Crippen LogP contribution in [0.4, 0.5) is 4.79 Å². The first-order chi connectivity index (χ1) is 12.8. The Morgan fingerprint density at radius 2 is 1.81 bits per heavy atom. The average Bonchev–Trinajstić information content (AvgIpc) is 3.42. The van der Waals surface area contributed by atoms with Gasteiger partial charge in [-0.15, -0.1) is 0 Å². The molecule has 1 aromatic carbocycles. The molecule has 0 aromatic heterocycles. The molecule has 1 aliphatic heterocycles. The molecule has 27 heavy (non-hydrogen) atoms. The van der Waals surface area contributed by atoms with E-state index < -0.39 is 5.60 Å². The van der Waals surface area contributed by atoms with Gasteiger partial charge in [0.2, 0.25) is 5.91 Å². The maximum absolute atomic E-state index is 12.4. The minimum absolute atomic E-state index is 0.0522. The summed E-state index contributed by atoms with van der Waals surface area (Å²) < 4.78 is 5.53. The smallest absolute Gasteiger partial charge is 0.410 e. The van der Waals surface area contributed by atoms with E-state index in [9.17, 15) is 9.59 Å². The third kappa shape index (κ3) is 3.69. The molecular weight excluding hydrogens is 340 g/mol. The van der Waals surface area contributed by atoms with Crippen molar-refractivity contribution in [2.75, 3.05) is 13.1 Å². The number of nitrogens with one attached hydrogen (secondary N) is 1. The lowest BCUT2D eigenvalue weighted by Crippen LogP contribution is -2.46. The quantitative estimate of drug-likeness (QED) is 0.858. The van der Waals surface area contributed by atoms with Crippen LogP contribution in [0.25, 0.3) is 0 Å². The SMILES string of the molecule is CC(C)(C)OC(=O)N1CCC2(CC1)C[C@H](NC(=O)C1CC1)c1ccccc12. The minimum Gasteiger partial charge on any atom is -0.444 e. The highest BCUT2D eigenvalue weighted by atomic mass is 16.6. The highest BCUT2D eigenvalue weighted by molar-refractivity contribution is 5.81. The first-order valence-corrected chi connectivity index (χ1v) is 10.2. The van der Waals surface area contributed by atoms with Gasteiger partial charge < -0.3 is 15.0 Å². The Hall–Kier alpha value is -2.04. The number of benzene rings is 1. The molecule has 2 amide bonds. The van der Waals surface area contributed by atoms with Crippen molar-refractivity contribution in [2.45, 2.75) is 69.9 Å². The molecule has 3 aliphatic rings. The molecule has 1 N–H and O–H groups in total. The highest BCUT2D eigenvalue weighted by Crippen LogP contribution is 2.51. The van der Waals surface area contributed by atoms with Crippen molar-refractivity contribution in [1.29, 1.82) is 0 Å². The van der Waals surface area contributed by atoms with Crippen LogP contribution in [-0.2, 0) is 14.9 Å². The summed E-state index contributed by atoms with van der Waals surface area (Å²) >= 11 is 0. The molecule has 2 aliphatic carbocycles. The van der Waals surface area contributed by atoms with Crippen molar-refractivity contribution in [1.82, 2.24) is 10.2 Å². The third-order valence-electron chi connectivity index (χ3n) is 6.14. The van der Waals surface area contributed by atoms with E-state index in [2.05, 4.69) is 29.6 Å². The summed E-state index contributed by atoms with van der Waals surface area (Å²) in [5.41, 5.74) is 2.20. The van der Waals surface area contributed by atoms with Crippen LogP contribution in [-0.4, -0.2) is 35.6 Å². The zero-order chi connectivity index (χ0) is 19.2. The van der Waals surface area contributed by atoms with E-state index in [-0.39, 0.29) is 29.4 Å². The Balaban J connectivity index is 1.47. The minimum atomic E-state index is -0.468. The van der Waals surface area contributed by atoms with Gasteiger partial charge in [0.05, 0.1) is 6.04 Å². The fourth-order valence-corrected chi connectivity index (χ4v) is 4.58. The number of piperidine rings is 1. The van der Waals surface area contributed by atoms with Crippen LogP contribution >= 0.6 is 0 Å². The van der Waals surface area contributed by atoms with Crippen LogP contribution in [0.3, 0.4) is 0 Å². The Morgan fingerprint density at radius 1 is 1.15 bits per heavy atom. The first-order valence-electron chi connectivity index (χ1n) is 10.2. The van der Waals surface area contributed by atoms with Gasteiger partial charge in [-0.25, -0.2) is 4.79 Å². The monoisotopic (exact) mass is 370 g/mol. The van der Waals surface area contributed by atoms with E-state index in [1.807, 2.05) is 25.7 Å². The van der Waals surface area contributed by atoms with Gasteiger partial charge in [0.25, 0.3) is 0 Å². The number of amides is 2. The summed E-state index contributed by atoms with van der Waals surface area (Å²) in [4.78, 5) is 26.6. The zero-order valence-corrected chi connectivity index (χ0v) is 16.6. The normalized spacial score (nSPS) is 23.8. The standard InChI is InChI=1S/C22H30N2O3/c1-21(2,3)27-20(26)24-12-10-22(11-13-24)14-18(23-19(25)15-8-9-15)16-6-4-5-7-17(16)22/h4-7,15,18H,8-14H2,1-3H3,(H,23,25)/t18-/m0/s1. The molecule has 5 heteroatoms. The Labute approximate surface area is 161 Å². The van der Waals surface area contributed by atoms with Crippen molar-refractivity contribution in [3.63, 3.8) is 0 Å². The molecular formula is C22H30N2O3. The number of hydrogen-bond acceptors (Lipinski definition) is 3. The maximum atomic E-state index is 12.4. The average molecular weight is 370 g/mol. The topological polar surface area (TPSA) is 58.6 Å². The van der Waals surface area contributed by atoms with Crippen LogP contribution in [0.1, 0.15) is 70.0 Å². The number of rotatable bonds is 2. The lowest BCUT2D eigenvalue weighted by molar-refractivity contribution is -0.123. The van der Waals surface area contributed by atoms with E-state index in [0.717, 1.165) is 32.1 Å². The number of carbonyl (C=O) groups is 2. The molecule has 2 fully saturated rings. The molecule has 1 aromatic rings. The molecule has 1 spiro atoms. The third-order valence-corrected chi connectivity index (χ3v) is 6.14.